The molecular weight excluding hydrogens is 319 g/mol. The number of phosphoric acid groups is 1. The van der Waals surface area contributed by atoms with Gasteiger partial charge in [-0.1, -0.05) is 18.2 Å². The summed E-state index contributed by atoms with van der Waals surface area (Å²) in [6.45, 7) is 0. The molecule has 2 aromatic carbocycles. The van der Waals surface area contributed by atoms with Crippen LogP contribution in [0.3, 0.4) is 0 Å². The van der Waals surface area contributed by atoms with Gasteiger partial charge in [-0.2, -0.15) is 0 Å². The summed E-state index contributed by atoms with van der Waals surface area (Å²) in [7, 11) is -0.861. The Morgan fingerprint density at radius 1 is 0.957 bits per heavy atom. The molecule has 2 aromatic rings. The van der Waals surface area contributed by atoms with Crippen molar-refractivity contribution in [1.29, 1.82) is 0 Å². The van der Waals surface area contributed by atoms with E-state index in [9.17, 15) is 14.3 Å². The number of amides is 1. The standard InChI is InChI=1S/C15H17N2O5P/c1-16(2)17(12-18)13-8-10-15(11-9-13)22-23(19,20)21-14-6-4-3-5-7-14/h3-12H,1-2H3,(H,19,20). The van der Waals surface area contributed by atoms with E-state index in [0.29, 0.717) is 12.1 Å². The largest absolute Gasteiger partial charge is 0.584 e. The molecular formula is C15H17N2O5P. The Morgan fingerprint density at radius 2 is 1.48 bits per heavy atom. The van der Waals surface area contributed by atoms with Crippen LogP contribution in [0, 0.1) is 0 Å². The van der Waals surface area contributed by atoms with Crippen molar-refractivity contribution >= 4 is 19.9 Å². The summed E-state index contributed by atoms with van der Waals surface area (Å²) >= 11 is 0. The Morgan fingerprint density at radius 3 is 1.96 bits per heavy atom. The highest BCUT2D eigenvalue weighted by Crippen LogP contribution is 2.44. The Balaban J connectivity index is 2.08. The van der Waals surface area contributed by atoms with E-state index in [4.69, 9.17) is 9.05 Å². The van der Waals surface area contributed by atoms with Crippen molar-refractivity contribution in [3.8, 4) is 11.5 Å². The van der Waals surface area contributed by atoms with E-state index in [-0.39, 0.29) is 11.5 Å². The van der Waals surface area contributed by atoms with Crippen LogP contribution in [0.15, 0.2) is 54.6 Å². The zero-order valence-corrected chi connectivity index (χ0v) is 13.6. The monoisotopic (exact) mass is 336 g/mol. The average molecular weight is 336 g/mol. The fraction of sp³-hybridized carbons (Fsp3) is 0.133. The summed E-state index contributed by atoms with van der Waals surface area (Å²) < 4.78 is 21.9. The highest BCUT2D eigenvalue weighted by molar-refractivity contribution is 7.48. The second-order valence-corrected chi connectivity index (χ2v) is 6.06. The van der Waals surface area contributed by atoms with E-state index >= 15 is 0 Å². The van der Waals surface area contributed by atoms with Gasteiger partial charge in [0.15, 0.2) is 0 Å². The first kappa shape index (κ1) is 17.0. The number of hydrogen-bond acceptors (Lipinski definition) is 5. The van der Waals surface area contributed by atoms with Gasteiger partial charge in [0.25, 0.3) is 0 Å². The van der Waals surface area contributed by atoms with Crippen LogP contribution in [0.5, 0.6) is 11.5 Å². The Bertz CT molecular complexity index is 691. The van der Waals surface area contributed by atoms with Gasteiger partial charge in [0, 0.05) is 14.1 Å². The summed E-state index contributed by atoms with van der Waals surface area (Å²) in [6, 6.07) is 14.4. The van der Waals surface area contributed by atoms with Crippen molar-refractivity contribution in [3.05, 3.63) is 54.6 Å². The normalized spacial score (nSPS) is 13.2. The summed E-state index contributed by atoms with van der Waals surface area (Å²) in [5, 5.41) is 2.96. The van der Waals surface area contributed by atoms with Gasteiger partial charge in [0.2, 0.25) is 6.41 Å². The van der Waals surface area contributed by atoms with Gasteiger partial charge in [0.1, 0.15) is 11.5 Å². The number of para-hydroxylation sites is 1. The summed E-state index contributed by atoms with van der Waals surface area (Å²) in [5.74, 6) is 0.384. The number of hydrazine groups is 1. The Labute approximate surface area is 134 Å². The molecule has 1 N–H and O–H groups in total. The molecule has 2 rings (SSSR count). The highest BCUT2D eigenvalue weighted by Gasteiger charge is 2.25. The third-order valence-corrected chi connectivity index (χ3v) is 3.70. The van der Waals surface area contributed by atoms with E-state index in [1.54, 1.807) is 61.6 Å². The van der Waals surface area contributed by atoms with Crippen LogP contribution in [0.1, 0.15) is 0 Å². The minimum atomic E-state index is -4.29. The number of nitrogens with zero attached hydrogens (tertiary/aromatic N) is 2. The fourth-order valence-electron chi connectivity index (χ4n) is 1.81. The zero-order valence-electron chi connectivity index (χ0n) is 12.7. The molecule has 1 unspecified atom stereocenters. The van der Waals surface area contributed by atoms with Crippen molar-refractivity contribution in [1.82, 2.24) is 5.01 Å². The molecule has 1 amide bonds. The lowest BCUT2D eigenvalue weighted by Gasteiger charge is -2.24. The summed E-state index contributed by atoms with van der Waals surface area (Å²) in [4.78, 5) is 20.8. The van der Waals surface area contributed by atoms with E-state index < -0.39 is 7.82 Å². The van der Waals surface area contributed by atoms with Crippen LogP contribution in [0.2, 0.25) is 0 Å². The van der Waals surface area contributed by atoms with E-state index in [2.05, 4.69) is 0 Å². The second-order valence-electron chi connectivity index (χ2n) is 4.76. The maximum absolute atomic E-state index is 12.0. The van der Waals surface area contributed by atoms with Crippen molar-refractivity contribution in [2.24, 2.45) is 0 Å². The molecule has 0 bridgehead atoms. The maximum Gasteiger partial charge on any atom is 0.584 e. The molecule has 0 aliphatic heterocycles. The number of carbonyl (C=O) groups is 1. The van der Waals surface area contributed by atoms with Gasteiger partial charge in [-0.15, -0.1) is 0 Å². The average Bonchev–Trinajstić information content (AvgIpc) is 2.49. The number of carbonyl (C=O) groups excluding carboxylic acids is 1. The first-order valence-electron chi connectivity index (χ1n) is 6.70. The van der Waals surface area contributed by atoms with Crippen LogP contribution < -0.4 is 14.1 Å². The lowest BCUT2D eigenvalue weighted by Crippen LogP contribution is -2.35. The van der Waals surface area contributed by atoms with Crippen LogP contribution >= 0.6 is 7.82 Å². The quantitative estimate of drug-likeness (QED) is 0.476. The van der Waals surface area contributed by atoms with Gasteiger partial charge in [-0.3, -0.25) is 9.69 Å². The SMILES string of the molecule is CN(C)N(C=O)c1ccc(OP(=O)(O)Oc2ccccc2)cc1. The molecule has 0 aliphatic carbocycles. The first-order chi connectivity index (χ1) is 10.9. The smallest absolute Gasteiger partial charge is 0.395 e. The molecule has 7 nitrogen and oxygen atoms in total. The van der Waals surface area contributed by atoms with Gasteiger partial charge in [-0.05, 0) is 36.4 Å². The minimum absolute atomic E-state index is 0.153. The van der Waals surface area contributed by atoms with Gasteiger partial charge in [-0.25, -0.2) is 14.6 Å². The van der Waals surface area contributed by atoms with E-state index in [1.165, 1.54) is 17.1 Å². The van der Waals surface area contributed by atoms with Crippen LogP contribution in [-0.2, 0) is 9.36 Å². The first-order valence-corrected chi connectivity index (χ1v) is 8.20. The molecule has 23 heavy (non-hydrogen) atoms. The van der Waals surface area contributed by atoms with Gasteiger partial charge >= 0.3 is 7.82 Å². The predicted octanol–water partition coefficient (Wildman–Crippen LogP) is 2.68. The lowest BCUT2D eigenvalue weighted by molar-refractivity contribution is -0.109. The number of rotatable bonds is 7. The molecule has 8 heteroatoms. The van der Waals surface area contributed by atoms with Gasteiger partial charge < -0.3 is 9.05 Å². The molecule has 0 spiro atoms. The summed E-state index contributed by atoms with van der Waals surface area (Å²) in [6.07, 6.45) is 0.658. The molecule has 0 radical (unpaired) electrons. The van der Waals surface area contributed by atoms with Crippen LogP contribution in [-0.4, -0.2) is 30.4 Å². The molecule has 0 fully saturated rings. The second kappa shape index (κ2) is 7.28. The van der Waals surface area contributed by atoms with Crippen LogP contribution in [0.4, 0.5) is 5.69 Å². The Kier molecular flexibility index (Phi) is 5.39. The molecule has 122 valence electrons. The third kappa shape index (κ3) is 4.82. The molecule has 0 saturated heterocycles. The van der Waals surface area contributed by atoms with Crippen molar-refractivity contribution < 1.29 is 23.3 Å². The zero-order chi connectivity index (χ0) is 16.9. The minimum Gasteiger partial charge on any atom is -0.395 e. The van der Waals surface area contributed by atoms with E-state index in [0.717, 1.165) is 0 Å². The Hall–Kier alpha value is -2.34. The predicted molar refractivity (Wildman–Crippen MR) is 86.2 cm³/mol. The maximum atomic E-state index is 12.0. The number of phosphoric ester groups is 1. The molecule has 0 aliphatic rings. The molecule has 0 saturated carbocycles. The van der Waals surface area contributed by atoms with Crippen molar-refractivity contribution in [2.75, 3.05) is 19.1 Å². The van der Waals surface area contributed by atoms with E-state index in [1.807, 2.05) is 0 Å². The third-order valence-electron chi connectivity index (χ3n) is 2.82. The fourth-order valence-corrected chi connectivity index (χ4v) is 2.63. The molecule has 0 heterocycles. The molecule has 1 atom stereocenters. The van der Waals surface area contributed by atoms with Crippen LogP contribution in [0.25, 0.3) is 0 Å². The number of hydrogen-bond donors (Lipinski definition) is 1. The lowest BCUT2D eigenvalue weighted by atomic mass is 10.3. The van der Waals surface area contributed by atoms with Crippen molar-refractivity contribution in [3.63, 3.8) is 0 Å². The highest BCUT2D eigenvalue weighted by atomic mass is 31.2. The topological polar surface area (TPSA) is 79.3 Å². The van der Waals surface area contributed by atoms with Crippen molar-refractivity contribution in [2.45, 2.75) is 0 Å². The van der Waals surface area contributed by atoms with Gasteiger partial charge in [0.05, 0.1) is 5.69 Å². The molecule has 0 aromatic heterocycles. The number of benzene rings is 2. The number of anilines is 1. The summed E-state index contributed by atoms with van der Waals surface area (Å²) in [5.41, 5.74) is 0.592.